The maximum atomic E-state index is 12.7. The van der Waals surface area contributed by atoms with E-state index in [1.807, 2.05) is 19.1 Å². The summed E-state index contributed by atoms with van der Waals surface area (Å²) >= 11 is 9.59. The minimum absolute atomic E-state index is 0.203. The largest absolute Gasteiger partial charge is 0.493 e. The summed E-state index contributed by atoms with van der Waals surface area (Å²) in [6.45, 7) is 5.37. The second-order valence-electron chi connectivity index (χ2n) is 5.79. The van der Waals surface area contributed by atoms with Gasteiger partial charge >= 0.3 is 0 Å². The van der Waals surface area contributed by atoms with Crippen molar-refractivity contribution < 1.29 is 14.3 Å². The fourth-order valence-corrected chi connectivity index (χ4v) is 3.46. The van der Waals surface area contributed by atoms with Gasteiger partial charge in [-0.2, -0.15) is 0 Å². The average Bonchev–Trinajstić information content (AvgIpc) is 2.64. The summed E-state index contributed by atoms with van der Waals surface area (Å²) in [5.41, 5.74) is 2.17. The number of nitrogens with zero attached hydrogens (tertiary/aromatic N) is 1. The molecule has 1 fully saturated rings. The second-order valence-corrected chi connectivity index (χ2v) is 7.08. The van der Waals surface area contributed by atoms with Crippen molar-refractivity contribution in [2.45, 2.75) is 6.92 Å². The molecule has 0 aliphatic carbocycles. The number of carbonyl (C=O) groups is 1. The van der Waals surface area contributed by atoms with Crippen LogP contribution in [0, 0.1) is 0 Å². The molecule has 1 amide bonds. The van der Waals surface area contributed by atoms with Crippen molar-refractivity contribution in [1.29, 1.82) is 0 Å². The van der Waals surface area contributed by atoms with E-state index in [1.54, 1.807) is 24.3 Å². The molecule has 1 aliphatic heterocycles. The van der Waals surface area contributed by atoms with Gasteiger partial charge in [0.15, 0.2) is 0 Å². The smallest absolute Gasteiger partial charge is 0.255 e. The summed E-state index contributed by atoms with van der Waals surface area (Å²) in [5, 5.41) is 3.55. The fourth-order valence-electron chi connectivity index (χ4n) is 2.80. The lowest BCUT2D eigenvalue weighted by Gasteiger charge is -2.30. The first-order chi connectivity index (χ1) is 12.6. The van der Waals surface area contributed by atoms with E-state index in [1.165, 1.54) is 0 Å². The molecule has 0 spiro atoms. The molecule has 0 saturated carbocycles. The first-order valence-corrected chi connectivity index (χ1v) is 9.61. The van der Waals surface area contributed by atoms with Gasteiger partial charge in [-0.15, -0.1) is 0 Å². The molecule has 2 aromatic carbocycles. The van der Waals surface area contributed by atoms with Gasteiger partial charge in [-0.1, -0.05) is 11.6 Å². The van der Waals surface area contributed by atoms with Crippen molar-refractivity contribution >= 4 is 44.8 Å². The predicted molar refractivity (Wildman–Crippen MR) is 108 cm³/mol. The number of amides is 1. The van der Waals surface area contributed by atoms with Crippen LogP contribution in [0.1, 0.15) is 17.3 Å². The standard InChI is InChI=1S/C19H20BrClN2O3/c1-2-26-18-6-3-13(11-15(18)20)19(24)22-16-12-14(21)4-5-17(16)23-7-9-25-10-8-23/h3-6,11-12H,2,7-10H2,1H3,(H,22,24). The number of hydrogen-bond donors (Lipinski definition) is 1. The van der Waals surface area contributed by atoms with Crippen LogP contribution in [0.15, 0.2) is 40.9 Å². The van der Waals surface area contributed by atoms with Gasteiger partial charge < -0.3 is 19.7 Å². The van der Waals surface area contributed by atoms with Crippen LogP contribution in [-0.2, 0) is 4.74 Å². The number of rotatable bonds is 5. The molecular weight excluding hydrogens is 420 g/mol. The number of morpholine rings is 1. The first kappa shape index (κ1) is 19.0. The van der Waals surface area contributed by atoms with E-state index in [4.69, 9.17) is 21.1 Å². The Balaban J connectivity index is 1.82. The minimum Gasteiger partial charge on any atom is -0.493 e. The third kappa shape index (κ3) is 4.50. The summed E-state index contributed by atoms with van der Waals surface area (Å²) in [5.74, 6) is 0.506. The van der Waals surface area contributed by atoms with Gasteiger partial charge in [-0.3, -0.25) is 4.79 Å². The Labute approximate surface area is 166 Å². The number of anilines is 2. The lowest BCUT2D eigenvalue weighted by atomic mass is 10.1. The highest BCUT2D eigenvalue weighted by atomic mass is 79.9. The second kappa shape index (κ2) is 8.75. The van der Waals surface area contributed by atoms with E-state index in [2.05, 4.69) is 26.1 Å². The van der Waals surface area contributed by atoms with Crippen LogP contribution in [0.25, 0.3) is 0 Å². The van der Waals surface area contributed by atoms with Crippen molar-refractivity contribution in [2.75, 3.05) is 43.1 Å². The molecule has 0 unspecified atom stereocenters. The third-order valence-electron chi connectivity index (χ3n) is 4.05. The molecule has 138 valence electrons. The van der Waals surface area contributed by atoms with Gasteiger partial charge in [-0.25, -0.2) is 0 Å². The molecule has 1 aliphatic rings. The highest BCUT2D eigenvalue weighted by Gasteiger charge is 2.17. The molecule has 0 atom stereocenters. The van der Waals surface area contributed by atoms with Crippen LogP contribution in [0.2, 0.25) is 5.02 Å². The van der Waals surface area contributed by atoms with Crippen LogP contribution >= 0.6 is 27.5 Å². The number of benzene rings is 2. The van der Waals surface area contributed by atoms with Crippen LogP contribution in [-0.4, -0.2) is 38.8 Å². The van der Waals surface area contributed by atoms with Crippen molar-refractivity contribution in [3.05, 3.63) is 51.5 Å². The zero-order valence-electron chi connectivity index (χ0n) is 14.4. The van der Waals surface area contributed by atoms with E-state index in [-0.39, 0.29) is 5.91 Å². The summed E-state index contributed by atoms with van der Waals surface area (Å²) in [6.07, 6.45) is 0. The predicted octanol–water partition coefficient (Wildman–Crippen LogP) is 4.59. The highest BCUT2D eigenvalue weighted by molar-refractivity contribution is 9.10. The molecule has 1 heterocycles. The van der Waals surface area contributed by atoms with E-state index in [0.29, 0.717) is 41.8 Å². The lowest BCUT2D eigenvalue weighted by molar-refractivity contribution is 0.102. The van der Waals surface area contributed by atoms with Crippen LogP contribution in [0.3, 0.4) is 0 Å². The van der Waals surface area contributed by atoms with Gasteiger partial charge in [0.25, 0.3) is 5.91 Å². The summed E-state index contributed by atoms with van der Waals surface area (Å²) in [7, 11) is 0. The molecule has 0 radical (unpaired) electrons. The average molecular weight is 440 g/mol. The lowest BCUT2D eigenvalue weighted by Crippen LogP contribution is -2.36. The van der Waals surface area contributed by atoms with Gasteiger partial charge in [0, 0.05) is 23.7 Å². The molecule has 2 aromatic rings. The van der Waals surface area contributed by atoms with E-state index in [0.717, 1.165) is 23.2 Å². The minimum atomic E-state index is -0.203. The molecule has 3 rings (SSSR count). The molecule has 26 heavy (non-hydrogen) atoms. The van der Waals surface area contributed by atoms with Crippen molar-refractivity contribution in [2.24, 2.45) is 0 Å². The first-order valence-electron chi connectivity index (χ1n) is 8.44. The molecular formula is C19H20BrClN2O3. The normalized spacial score (nSPS) is 14.2. The molecule has 5 nitrogen and oxygen atoms in total. The van der Waals surface area contributed by atoms with E-state index in [9.17, 15) is 4.79 Å². The van der Waals surface area contributed by atoms with Crippen LogP contribution in [0.4, 0.5) is 11.4 Å². The Hall–Kier alpha value is -1.76. The van der Waals surface area contributed by atoms with Gasteiger partial charge in [0.05, 0.1) is 35.7 Å². The van der Waals surface area contributed by atoms with Crippen molar-refractivity contribution in [1.82, 2.24) is 0 Å². The Morgan fingerprint density at radius 1 is 1.27 bits per heavy atom. The fraction of sp³-hybridized carbons (Fsp3) is 0.316. The maximum Gasteiger partial charge on any atom is 0.255 e. The summed E-state index contributed by atoms with van der Waals surface area (Å²) in [4.78, 5) is 14.9. The molecule has 1 N–H and O–H groups in total. The number of halogens is 2. The number of nitrogens with one attached hydrogen (secondary N) is 1. The quantitative estimate of drug-likeness (QED) is 0.740. The Bertz CT molecular complexity index is 794. The Kier molecular flexibility index (Phi) is 6.40. The summed E-state index contributed by atoms with van der Waals surface area (Å²) < 4.78 is 11.6. The zero-order valence-corrected chi connectivity index (χ0v) is 16.8. The van der Waals surface area contributed by atoms with Gasteiger partial charge in [0.2, 0.25) is 0 Å². The van der Waals surface area contributed by atoms with Gasteiger partial charge in [0.1, 0.15) is 5.75 Å². The number of hydrogen-bond acceptors (Lipinski definition) is 4. The molecule has 1 saturated heterocycles. The van der Waals surface area contributed by atoms with Crippen LogP contribution in [0.5, 0.6) is 5.75 Å². The number of ether oxygens (including phenoxy) is 2. The molecule has 0 aromatic heterocycles. The maximum absolute atomic E-state index is 12.7. The molecule has 0 bridgehead atoms. The monoisotopic (exact) mass is 438 g/mol. The van der Waals surface area contributed by atoms with E-state index >= 15 is 0 Å². The highest BCUT2D eigenvalue weighted by Crippen LogP contribution is 2.31. The number of carbonyl (C=O) groups excluding carboxylic acids is 1. The Morgan fingerprint density at radius 2 is 2.04 bits per heavy atom. The summed E-state index contributed by atoms with van der Waals surface area (Å²) in [6, 6.07) is 10.8. The van der Waals surface area contributed by atoms with E-state index < -0.39 is 0 Å². The van der Waals surface area contributed by atoms with Crippen molar-refractivity contribution in [3.8, 4) is 5.75 Å². The topological polar surface area (TPSA) is 50.8 Å². The third-order valence-corrected chi connectivity index (χ3v) is 4.91. The van der Waals surface area contributed by atoms with Crippen LogP contribution < -0.4 is 15.0 Å². The Morgan fingerprint density at radius 3 is 2.73 bits per heavy atom. The molecule has 7 heteroatoms. The van der Waals surface area contributed by atoms with Crippen molar-refractivity contribution in [3.63, 3.8) is 0 Å². The SMILES string of the molecule is CCOc1ccc(C(=O)Nc2cc(Cl)ccc2N2CCOCC2)cc1Br. The zero-order chi connectivity index (χ0) is 18.5. The van der Waals surface area contributed by atoms with Gasteiger partial charge in [-0.05, 0) is 59.3 Å².